The molecule has 1 aliphatic rings. The van der Waals surface area contributed by atoms with Gasteiger partial charge in [-0.15, -0.1) is 0 Å². The van der Waals surface area contributed by atoms with Gasteiger partial charge >= 0.3 is 19.8 Å². The van der Waals surface area contributed by atoms with Crippen molar-refractivity contribution in [1.82, 2.24) is 0 Å². The number of unbranched alkanes of at least 4 members (excludes halogenated alkanes) is 24. The van der Waals surface area contributed by atoms with Crippen molar-refractivity contribution in [2.75, 3.05) is 13.2 Å². The molecule has 0 aliphatic heterocycles. The Labute approximate surface area is 350 Å². The predicted octanol–water partition coefficient (Wildman–Crippen LogP) is 8.67. The molecule has 1 aliphatic carbocycles. The standard InChI is InChI=1S/C44H83O13P/c1-3-5-7-9-11-13-15-17-18-19-21-23-25-27-29-31-33-38(46)56-36(35-55-58(52,53)57-44-42(50)40(48)39(47)41(49)43(44)51)34-54-37(45)32-30-28-26-24-22-20-16-14-12-10-8-6-4-2/h20,22,36,39-44,47-51H,3-19,21,23-35H2,1-2H3,(H,52,53)/b22-20+/t36-,39?,40-,41?,42?,43?,44?/m1/s1. The summed E-state index contributed by atoms with van der Waals surface area (Å²) in [4.78, 5) is 35.6. The molecule has 8 atom stereocenters. The van der Waals surface area contributed by atoms with Crippen molar-refractivity contribution in [1.29, 1.82) is 0 Å². The molecule has 342 valence electrons. The smallest absolute Gasteiger partial charge is 0.462 e. The Morgan fingerprint density at radius 1 is 0.517 bits per heavy atom. The van der Waals surface area contributed by atoms with E-state index in [0.29, 0.717) is 12.8 Å². The largest absolute Gasteiger partial charge is 0.472 e. The predicted molar refractivity (Wildman–Crippen MR) is 226 cm³/mol. The molecule has 1 rings (SSSR count). The Kier molecular flexibility index (Phi) is 33.2. The summed E-state index contributed by atoms with van der Waals surface area (Å²) in [5.74, 6) is -1.11. The van der Waals surface area contributed by atoms with Crippen molar-refractivity contribution < 1.29 is 63.1 Å². The van der Waals surface area contributed by atoms with E-state index in [1.54, 1.807) is 0 Å². The minimum Gasteiger partial charge on any atom is -0.462 e. The van der Waals surface area contributed by atoms with Crippen LogP contribution in [0.2, 0.25) is 0 Å². The summed E-state index contributed by atoms with van der Waals surface area (Å²) in [6.45, 7) is 3.29. The van der Waals surface area contributed by atoms with E-state index in [0.717, 1.165) is 44.9 Å². The molecule has 0 radical (unpaired) electrons. The third-order valence-electron chi connectivity index (χ3n) is 10.9. The van der Waals surface area contributed by atoms with Crippen molar-refractivity contribution >= 4 is 19.8 Å². The molecule has 0 spiro atoms. The van der Waals surface area contributed by atoms with Crippen molar-refractivity contribution in [2.24, 2.45) is 0 Å². The van der Waals surface area contributed by atoms with Gasteiger partial charge in [0.2, 0.25) is 0 Å². The normalized spacial score (nSPS) is 22.6. The van der Waals surface area contributed by atoms with Gasteiger partial charge in [0.15, 0.2) is 6.10 Å². The molecule has 0 saturated heterocycles. The van der Waals surface area contributed by atoms with Gasteiger partial charge in [0, 0.05) is 12.8 Å². The number of aliphatic hydroxyl groups is 5. The van der Waals surface area contributed by atoms with Crippen LogP contribution in [0.15, 0.2) is 12.2 Å². The first-order valence-electron chi connectivity index (χ1n) is 23.0. The van der Waals surface area contributed by atoms with Crippen LogP contribution in [0.3, 0.4) is 0 Å². The maximum absolute atomic E-state index is 12.8. The van der Waals surface area contributed by atoms with Crippen molar-refractivity contribution in [3.05, 3.63) is 12.2 Å². The van der Waals surface area contributed by atoms with Crippen LogP contribution in [0.5, 0.6) is 0 Å². The van der Waals surface area contributed by atoms with Crippen LogP contribution in [0.4, 0.5) is 0 Å². The number of hydrogen-bond donors (Lipinski definition) is 6. The van der Waals surface area contributed by atoms with Crippen molar-refractivity contribution in [3.63, 3.8) is 0 Å². The number of esters is 2. The van der Waals surface area contributed by atoms with E-state index in [-0.39, 0.29) is 12.8 Å². The molecule has 13 nitrogen and oxygen atoms in total. The minimum absolute atomic E-state index is 0.0993. The molecule has 0 heterocycles. The number of allylic oxidation sites excluding steroid dienone is 2. The molecule has 1 fully saturated rings. The first-order chi connectivity index (χ1) is 27.9. The van der Waals surface area contributed by atoms with E-state index in [1.807, 2.05) is 0 Å². The third-order valence-corrected chi connectivity index (χ3v) is 11.8. The lowest BCUT2D eigenvalue weighted by molar-refractivity contribution is -0.220. The topological polar surface area (TPSA) is 210 Å². The monoisotopic (exact) mass is 851 g/mol. The Morgan fingerprint density at radius 2 is 0.879 bits per heavy atom. The second kappa shape index (κ2) is 35.2. The van der Waals surface area contributed by atoms with Crippen LogP contribution in [0, 0.1) is 0 Å². The van der Waals surface area contributed by atoms with Gasteiger partial charge in [-0.2, -0.15) is 0 Å². The van der Waals surface area contributed by atoms with Gasteiger partial charge in [0.25, 0.3) is 0 Å². The lowest BCUT2D eigenvalue weighted by Gasteiger charge is -2.41. The highest BCUT2D eigenvalue weighted by atomic mass is 31.2. The van der Waals surface area contributed by atoms with E-state index in [2.05, 4.69) is 26.0 Å². The number of carbonyl (C=O) groups excluding carboxylic acids is 2. The Bertz CT molecular complexity index is 1080. The quantitative estimate of drug-likeness (QED) is 0.0149. The first kappa shape index (κ1) is 54.6. The number of hydrogen-bond acceptors (Lipinski definition) is 12. The van der Waals surface area contributed by atoms with Crippen molar-refractivity contribution in [2.45, 2.75) is 243 Å². The van der Waals surface area contributed by atoms with Crippen LogP contribution in [0.1, 0.15) is 200 Å². The highest BCUT2D eigenvalue weighted by Crippen LogP contribution is 2.47. The number of aliphatic hydroxyl groups excluding tert-OH is 5. The van der Waals surface area contributed by atoms with E-state index in [1.165, 1.54) is 116 Å². The molecule has 0 aromatic heterocycles. The van der Waals surface area contributed by atoms with Crippen LogP contribution in [-0.2, 0) is 32.7 Å². The van der Waals surface area contributed by atoms with Gasteiger partial charge in [-0.05, 0) is 38.5 Å². The molecule has 6 N–H and O–H groups in total. The van der Waals surface area contributed by atoms with Crippen LogP contribution >= 0.6 is 7.82 Å². The van der Waals surface area contributed by atoms with E-state index in [4.69, 9.17) is 18.5 Å². The molecule has 58 heavy (non-hydrogen) atoms. The van der Waals surface area contributed by atoms with Gasteiger partial charge in [-0.1, -0.05) is 161 Å². The summed E-state index contributed by atoms with van der Waals surface area (Å²) < 4.78 is 33.5. The Morgan fingerprint density at radius 3 is 1.33 bits per heavy atom. The summed E-state index contributed by atoms with van der Waals surface area (Å²) in [6.07, 6.45) is 22.7. The van der Waals surface area contributed by atoms with Gasteiger partial charge in [-0.25, -0.2) is 4.57 Å². The number of rotatable bonds is 38. The lowest BCUT2D eigenvalue weighted by atomic mass is 9.85. The molecule has 0 amide bonds. The molecule has 14 heteroatoms. The molecule has 0 bridgehead atoms. The molecular formula is C44H83O13P. The van der Waals surface area contributed by atoms with Gasteiger partial charge in [0.1, 0.15) is 43.2 Å². The molecule has 0 aromatic rings. The molecule has 1 saturated carbocycles. The number of phosphoric ester groups is 1. The van der Waals surface area contributed by atoms with E-state index in [9.17, 15) is 44.6 Å². The highest BCUT2D eigenvalue weighted by molar-refractivity contribution is 7.47. The second-order valence-corrected chi connectivity index (χ2v) is 17.7. The minimum atomic E-state index is -5.11. The summed E-state index contributed by atoms with van der Waals surface area (Å²) in [5, 5.41) is 50.1. The molecule has 0 aromatic carbocycles. The van der Waals surface area contributed by atoms with Gasteiger partial charge in [0.05, 0.1) is 6.61 Å². The Hall–Kier alpha value is -1.41. The van der Waals surface area contributed by atoms with Crippen LogP contribution in [-0.4, -0.2) is 98.3 Å². The first-order valence-corrected chi connectivity index (χ1v) is 24.5. The average Bonchev–Trinajstić information content (AvgIpc) is 3.20. The summed E-state index contributed by atoms with van der Waals surface area (Å²) in [5.41, 5.74) is 0. The fourth-order valence-electron chi connectivity index (χ4n) is 7.11. The fourth-order valence-corrected chi connectivity index (χ4v) is 8.08. The maximum atomic E-state index is 12.8. The maximum Gasteiger partial charge on any atom is 0.472 e. The second-order valence-electron chi connectivity index (χ2n) is 16.3. The van der Waals surface area contributed by atoms with Crippen molar-refractivity contribution in [3.8, 4) is 0 Å². The van der Waals surface area contributed by atoms with Gasteiger partial charge < -0.3 is 39.9 Å². The third kappa shape index (κ3) is 27.4. The zero-order valence-electron chi connectivity index (χ0n) is 36.1. The zero-order chi connectivity index (χ0) is 42.9. The van der Waals surface area contributed by atoms with Crippen LogP contribution in [0.25, 0.3) is 0 Å². The summed E-state index contributed by atoms with van der Waals surface area (Å²) >= 11 is 0. The SMILES string of the molecule is CCCCCCCC/C=C/CCCCCC(=O)OC[C@H](COP(=O)(O)OC1C(O)C(O)C(O)[C@@H](O)C1O)OC(=O)CCCCCCCCCCCCCCCCCC. The lowest BCUT2D eigenvalue weighted by Crippen LogP contribution is -2.64. The summed E-state index contributed by atoms with van der Waals surface area (Å²) in [6, 6.07) is 0. The zero-order valence-corrected chi connectivity index (χ0v) is 37.0. The highest BCUT2D eigenvalue weighted by Gasteiger charge is 2.51. The fraction of sp³-hybridized carbons (Fsp3) is 0.909. The van der Waals surface area contributed by atoms with E-state index < -0.39 is 75.7 Å². The Balaban J connectivity index is 2.46. The number of ether oxygens (including phenoxy) is 2. The number of carbonyl (C=O) groups is 2. The molecule has 6 unspecified atom stereocenters. The number of phosphoric acid groups is 1. The van der Waals surface area contributed by atoms with Crippen LogP contribution < -0.4 is 0 Å². The summed E-state index contributed by atoms with van der Waals surface area (Å²) in [7, 11) is -5.11. The average molecular weight is 851 g/mol. The van der Waals surface area contributed by atoms with E-state index >= 15 is 0 Å². The molecular weight excluding hydrogens is 767 g/mol. The van der Waals surface area contributed by atoms with Gasteiger partial charge in [-0.3, -0.25) is 18.6 Å².